The SMILES string of the molecule is C=C1NC(c2ccccc2)(c2ccccc2)C(=O)N1COC(C)(O)O.O.O. The highest BCUT2D eigenvalue weighted by molar-refractivity contribution is 5.95. The van der Waals surface area contributed by atoms with E-state index in [0.29, 0.717) is 5.82 Å². The topological polar surface area (TPSA) is 145 Å². The van der Waals surface area contributed by atoms with Crippen LogP contribution in [0.25, 0.3) is 0 Å². The van der Waals surface area contributed by atoms with Gasteiger partial charge in [0, 0.05) is 6.92 Å². The second-order valence-corrected chi connectivity index (χ2v) is 5.99. The molecule has 0 spiro atoms. The predicted molar refractivity (Wildman–Crippen MR) is 98.8 cm³/mol. The molecule has 0 bridgehead atoms. The molecule has 1 saturated heterocycles. The molecule has 8 nitrogen and oxygen atoms in total. The van der Waals surface area contributed by atoms with Crippen LogP contribution in [-0.2, 0) is 15.1 Å². The first kappa shape index (κ1) is 22.3. The van der Waals surface area contributed by atoms with Crippen molar-refractivity contribution in [3.8, 4) is 0 Å². The van der Waals surface area contributed by atoms with Gasteiger partial charge in [0.05, 0.1) is 0 Å². The lowest BCUT2D eigenvalue weighted by molar-refractivity contribution is -0.333. The van der Waals surface area contributed by atoms with E-state index >= 15 is 0 Å². The maximum absolute atomic E-state index is 13.3. The number of aliphatic hydroxyl groups is 2. The molecule has 0 saturated carbocycles. The first-order chi connectivity index (χ1) is 11.8. The van der Waals surface area contributed by atoms with Gasteiger partial charge in [-0.05, 0) is 11.1 Å². The highest BCUT2D eigenvalue weighted by Gasteiger charge is 2.51. The molecule has 1 fully saturated rings. The van der Waals surface area contributed by atoms with Gasteiger partial charge >= 0.3 is 0 Å². The van der Waals surface area contributed by atoms with E-state index in [1.807, 2.05) is 60.7 Å². The fourth-order valence-corrected chi connectivity index (χ4v) is 2.92. The molecule has 0 unspecified atom stereocenters. The molecule has 3 rings (SSSR count). The average Bonchev–Trinajstić information content (AvgIpc) is 2.85. The van der Waals surface area contributed by atoms with Crippen LogP contribution >= 0.6 is 0 Å². The van der Waals surface area contributed by atoms with Crippen LogP contribution in [0.3, 0.4) is 0 Å². The Morgan fingerprint density at radius 3 is 1.89 bits per heavy atom. The van der Waals surface area contributed by atoms with E-state index in [9.17, 15) is 15.0 Å². The van der Waals surface area contributed by atoms with Crippen molar-refractivity contribution in [1.82, 2.24) is 10.2 Å². The molecular formula is C19H24N2O6. The Kier molecular flexibility index (Phi) is 6.85. The van der Waals surface area contributed by atoms with Gasteiger partial charge in [-0.3, -0.25) is 9.69 Å². The van der Waals surface area contributed by atoms with Crippen LogP contribution in [0.5, 0.6) is 0 Å². The lowest BCUT2D eigenvalue weighted by atomic mass is 9.83. The van der Waals surface area contributed by atoms with E-state index < -0.39 is 11.5 Å². The molecule has 1 heterocycles. The van der Waals surface area contributed by atoms with Crippen molar-refractivity contribution in [3.05, 3.63) is 84.2 Å². The number of ether oxygens (including phenoxy) is 1. The maximum atomic E-state index is 13.3. The van der Waals surface area contributed by atoms with E-state index in [1.165, 1.54) is 4.90 Å². The third-order valence-corrected chi connectivity index (χ3v) is 4.10. The van der Waals surface area contributed by atoms with Crippen molar-refractivity contribution in [2.24, 2.45) is 0 Å². The summed E-state index contributed by atoms with van der Waals surface area (Å²) in [6, 6.07) is 18.6. The van der Waals surface area contributed by atoms with Crippen LogP contribution in [0, 0.1) is 0 Å². The van der Waals surface area contributed by atoms with E-state index in [4.69, 9.17) is 4.74 Å². The van der Waals surface area contributed by atoms with E-state index in [-0.39, 0.29) is 23.6 Å². The number of benzene rings is 2. The van der Waals surface area contributed by atoms with Gasteiger partial charge in [-0.25, -0.2) is 0 Å². The van der Waals surface area contributed by atoms with Gasteiger partial charge < -0.3 is 31.2 Å². The summed E-state index contributed by atoms with van der Waals surface area (Å²) in [6.07, 6.45) is 0. The molecule has 0 aliphatic carbocycles. The van der Waals surface area contributed by atoms with E-state index in [0.717, 1.165) is 18.1 Å². The van der Waals surface area contributed by atoms with Gasteiger partial charge in [0.15, 0.2) is 5.54 Å². The standard InChI is InChI=1S/C19H20N2O4.2H2O/c1-14-20-19(15-9-5-3-6-10-15,16-11-7-4-8-12-16)17(22)21(14)13-25-18(2,23)24;;/h3-12,20,23-24H,1,13H2,2H3;2*1H2. The molecular weight excluding hydrogens is 352 g/mol. The number of nitrogens with zero attached hydrogens (tertiary/aromatic N) is 1. The molecule has 1 amide bonds. The summed E-state index contributed by atoms with van der Waals surface area (Å²) >= 11 is 0. The largest absolute Gasteiger partial charge is 0.412 e. The Morgan fingerprint density at radius 2 is 1.48 bits per heavy atom. The first-order valence-corrected chi connectivity index (χ1v) is 7.83. The van der Waals surface area contributed by atoms with Crippen LogP contribution in [0.4, 0.5) is 0 Å². The fraction of sp³-hybridized carbons (Fsp3) is 0.211. The zero-order valence-electron chi connectivity index (χ0n) is 14.8. The van der Waals surface area contributed by atoms with Gasteiger partial charge in [-0.2, -0.15) is 0 Å². The third kappa shape index (κ3) is 4.16. The van der Waals surface area contributed by atoms with Gasteiger partial charge in [0.25, 0.3) is 11.9 Å². The Bertz CT molecular complexity index is 734. The molecule has 146 valence electrons. The normalized spacial score (nSPS) is 15.6. The second kappa shape index (κ2) is 8.30. The summed E-state index contributed by atoms with van der Waals surface area (Å²) in [6.45, 7) is 4.62. The molecule has 0 radical (unpaired) electrons. The average molecular weight is 376 g/mol. The summed E-state index contributed by atoms with van der Waals surface area (Å²) in [7, 11) is 0. The number of rotatable bonds is 5. The van der Waals surface area contributed by atoms with Crippen LogP contribution in [0.1, 0.15) is 18.1 Å². The van der Waals surface area contributed by atoms with Crippen LogP contribution < -0.4 is 5.32 Å². The summed E-state index contributed by atoms with van der Waals surface area (Å²) in [5, 5.41) is 21.9. The van der Waals surface area contributed by atoms with Crippen LogP contribution in [-0.4, -0.2) is 44.7 Å². The molecule has 7 N–H and O–H groups in total. The van der Waals surface area contributed by atoms with Crippen LogP contribution in [0.15, 0.2) is 73.1 Å². The Hall–Kier alpha value is -2.75. The summed E-state index contributed by atoms with van der Waals surface area (Å²) in [5.41, 5.74) is 0.362. The third-order valence-electron chi connectivity index (χ3n) is 4.10. The molecule has 0 atom stereocenters. The van der Waals surface area contributed by atoms with E-state index in [1.54, 1.807) is 0 Å². The van der Waals surface area contributed by atoms with Crippen molar-refractivity contribution >= 4 is 5.91 Å². The Labute approximate surface area is 156 Å². The molecule has 0 aromatic heterocycles. The number of carbonyl (C=O) groups excluding carboxylic acids is 1. The maximum Gasteiger partial charge on any atom is 0.276 e. The Balaban J connectivity index is 0.00000182. The zero-order chi connectivity index (χ0) is 18.1. The summed E-state index contributed by atoms with van der Waals surface area (Å²) in [4.78, 5) is 14.6. The van der Waals surface area contributed by atoms with Crippen molar-refractivity contribution in [2.45, 2.75) is 18.4 Å². The lowest BCUT2D eigenvalue weighted by Crippen LogP contribution is -2.45. The molecule has 1 aliphatic heterocycles. The highest BCUT2D eigenvalue weighted by atomic mass is 16.8. The molecule has 2 aromatic carbocycles. The smallest absolute Gasteiger partial charge is 0.276 e. The number of hydrogen-bond donors (Lipinski definition) is 3. The van der Waals surface area contributed by atoms with Crippen molar-refractivity contribution < 1.29 is 30.7 Å². The lowest BCUT2D eigenvalue weighted by Gasteiger charge is -2.28. The quantitative estimate of drug-likeness (QED) is 0.620. The predicted octanol–water partition coefficient (Wildman–Crippen LogP) is -0.184. The van der Waals surface area contributed by atoms with E-state index in [2.05, 4.69) is 11.9 Å². The Morgan fingerprint density at radius 1 is 1.04 bits per heavy atom. The number of hydrogen-bond acceptors (Lipinski definition) is 5. The zero-order valence-corrected chi connectivity index (χ0v) is 14.8. The minimum absolute atomic E-state index is 0. The van der Waals surface area contributed by atoms with Crippen molar-refractivity contribution in [1.29, 1.82) is 0 Å². The summed E-state index contributed by atoms with van der Waals surface area (Å²) < 4.78 is 4.93. The van der Waals surface area contributed by atoms with Gasteiger partial charge in [-0.1, -0.05) is 67.2 Å². The molecule has 8 heteroatoms. The molecule has 2 aromatic rings. The number of carbonyl (C=O) groups is 1. The fourth-order valence-electron chi connectivity index (χ4n) is 2.92. The van der Waals surface area contributed by atoms with Crippen molar-refractivity contribution in [3.63, 3.8) is 0 Å². The highest BCUT2D eigenvalue weighted by Crippen LogP contribution is 2.38. The molecule has 27 heavy (non-hydrogen) atoms. The van der Waals surface area contributed by atoms with Gasteiger partial charge in [0.1, 0.15) is 12.6 Å². The second-order valence-electron chi connectivity index (χ2n) is 5.99. The van der Waals surface area contributed by atoms with Gasteiger partial charge in [0.2, 0.25) is 0 Å². The summed E-state index contributed by atoms with van der Waals surface area (Å²) in [5.74, 6) is -2.33. The minimum Gasteiger partial charge on any atom is -0.412 e. The number of nitrogens with one attached hydrogen (secondary N) is 1. The minimum atomic E-state index is -2.34. The van der Waals surface area contributed by atoms with Crippen LogP contribution in [0.2, 0.25) is 0 Å². The monoisotopic (exact) mass is 376 g/mol. The van der Waals surface area contributed by atoms with Gasteiger partial charge in [-0.15, -0.1) is 0 Å². The molecule has 1 aliphatic rings. The first-order valence-electron chi connectivity index (χ1n) is 7.83. The van der Waals surface area contributed by atoms with Crippen molar-refractivity contribution in [2.75, 3.05) is 6.73 Å². The number of amides is 1.